The molecule has 1 aromatic rings. The molecule has 1 aliphatic heterocycles. The number of nitriles is 1. The van der Waals surface area contributed by atoms with Crippen molar-refractivity contribution in [3.63, 3.8) is 0 Å². The molecule has 0 N–H and O–H groups in total. The lowest BCUT2D eigenvalue weighted by Gasteiger charge is -2.31. The molecule has 0 saturated carbocycles. The molecule has 1 atom stereocenters. The second kappa shape index (κ2) is 5.24. The van der Waals surface area contributed by atoms with Crippen LogP contribution in [0.1, 0.15) is 24.8 Å². The van der Waals surface area contributed by atoms with Crippen LogP contribution in [0.25, 0.3) is 0 Å². The van der Waals surface area contributed by atoms with Crippen LogP contribution in [-0.4, -0.2) is 17.5 Å². The lowest BCUT2D eigenvalue weighted by molar-refractivity contribution is 0.174. The topological polar surface area (TPSA) is 27.0 Å². The maximum Gasteiger partial charge on any atom is 0.130 e. The molecule has 17 heavy (non-hydrogen) atoms. The molecule has 0 bridgehead atoms. The van der Waals surface area contributed by atoms with Crippen LogP contribution >= 0.6 is 0 Å². The molecule has 0 amide bonds. The highest BCUT2D eigenvalue weighted by Crippen LogP contribution is 2.20. The van der Waals surface area contributed by atoms with Gasteiger partial charge in [-0.3, -0.25) is 4.90 Å². The monoisotopic (exact) mass is 236 g/mol. The van der Waals surface area contributed by atoms with Crippen molar-refractivity contribution in [3.8, 4) is 6.07 Å². The first-order chi connectivity index (χ1) is 8.20. The Morgan fingerprint density at radius 1 is 1.35 bits per heavy atom. The van der Waals surface area contributed by atoms with Crippen LogP contribution in [0, 0.1) is 23.0 Å². The van der Waals surface area contributed by atoms with E-state index in [0.717, 1.165) is 31.9 Å². The van der Waals surface area contributed by atoms with E-state index >= 15 is 0 Å². The summed E-state index contributed by atoms with van der Waals surface area (Å²) in [4.78, 5) is 1.96. The van der Waals surface area contributed by atoms with Crippen molar-refractivity contribution in [3.05, 3.63) is 35.4 Å². The van der Waals surface area contributed by atoms with Crippen LogP contribution in [0.3, 0.4) is 0 Å². The van der Waals surface area contributed by atoms with Crippen molar-refractivity contribution in [1.29, 1.82) is 5.26 Å². The van der Waals surface area contributed by atoms with Crippen LogP contribution in [0.15, 0.2) is 18.2 Å². The molecule has 1 fully saturated rings. The van der Waals surface area contributed by atoms with Gasteiger partial charge < -0.3 is 0 Å². The van der Waals surface area contributed by atoms with Gasteiger partial charge in [-0.25, -0.2) is 8.78 Å². The van der Waals surface area contributed by atoms with E-state index in [1.807, 2.05) is 4.90 Å². The van der Waals surface area contributed by atoms with Crippen LogP contribution in [0.4, 0.5) is 8.78 Å². The van der Waals surface area contributed by atoms with E-state index in [4.69, 9.17) is 5.26 Å². The Bertz CT molecular complexity index is 440. The number of nitrogens with zero attached hydrogens (tertiary/aromatic N) is 2. The highest BCUT2D eigenvalue weighted by atomic mass is 19.1. The SMILES string of the molecule is N#CC1CCCCN1Cc1ccc(F)cc1F. The second-order valence-corrected chi connectivity index (χ2v) is 4.35. The van der Waals surface area contributed by atoms with Crippen molar-refractivity contribution >= 4 is 0 Å². The van der Waals surface area contributed by atoms with Crippen molar-refractivity contribution in [2.45, 2.75) is 31.8 Å². The van der Waals surface area contributed by atoms with Gasteiger partial charge >= 0.3 is 0 Å². The molecule has 0 aromatic heterocycles. The molecule has 1 unspecified atom stereocenters. The molecule has 1 heterocycles. The Balaban J connectivity index is 2.11. The van der Waals surface area contributed by atoms with Gasteiger partial charge in [-0.1, -0.05) is 6.07 Å². The zero-order valence-electron chi connectivity index (χ0n) is 9.50. The predicted octanol–water partition coefficient (Wildman–Crippen LogP) is 2.84. The first-order valence-electron chi connectivity index (χ1n) is 5.78. The fourth-order valence-corrected chi connectivity index (χ4v) is 2.20. The molecule has 2 nitrogen and oxygen atoms in total. The van der Waals surface area contributed by atoms with Gasteiger partial charge in [0.05, 0.1) is 12.1 Å². The van der Waals surface area contributed by atoms with Gasteiger partial charge in [0.1, 0.15) is 11.6 Å². The molecule has 1 saturated heterocycles. The molecule has 2 rings (SSSR count). The molecule has 90 valence electrons. The highest BCUT2D eigenvalue weighted by molar-refractivity contribution is 5.19. The minimum absolute atomic E-state index is 0.145. The van der Waals surface area contributed by atoms with Gasteiger partial charge in [-0.2, -0.15) is 5.26 Å². The summed E-state index contributed by atoms with van der Waals surface area (Å²) >= 11 is 0. The summed E-state index contributed by atoms with van der Waals surface area (Å²) in [5.41, 5.74) is 0.452. The van der Waals surface area contributed by atoms with Gasteiger partial charge in [0.2, 0.25) is 0 Å². The summed E-state index contributed by atoms with van der Waals surface area (Å²) in [5.74, 6) is -1.10. The Kier molecular flexibility index (Phi) is 3.70. The van der Waals surface area contributed by atoms with E-state index < -0.39 is 11.6 Å². The number of hydrogen-bond donors (Lipinski definition) is 0. The summed E-state index contributed by atoms with van der Waals surface area (Å²) < 4.78 is 26.2. The van der Waals surface area contributed by atoms with Crippen LogP contribution < -0.4 is 0 Å². The van der Waals surface area contributed by atoms with E-state index in [1.54, 1.807) is 0 Å². The van der Waals surface area contributed by atoms with Gasteiger partial charge in [0.15, 0.2) is 0 Å². The third kappa shape index (κ3) is 2.80. The van der Waals surface area contributed by atoms with Gasteiger partial charge in [-0.15, -0.1) is 0 Å². The maximum atomic E-state index is 13.5. The first-order valence-corrected chi connectivity index (χ1v) is 5.78. The average molecular weight is 236 g/mol. The standard InChI is InChI=1S/C13H14F2N2/c14-11-5-4-10(13(15)7-11)9-17-6-2-1-3-12(17)8-16/h4-5,7,12H,1-3,6,9H2. The molecule has 0 spiro atoms. The summed E-state index contributed by atoms with van der Waals surface area (Å²) in [6.45, 7) is 1.18. The summed E-state index contributed by atoms with van der Waals surface area (Å²) in [7, 11) is 0. The van der Waals surface area contributed by atoms with E-state index in [9.17, 15) is 8.78 Å². The summed E-state index contributed by atoms with van der Waals surface area (Å²) in [5, 5.41) is 9.01. The highest BCUT2D eigenvalue weighted by Gasteiger charge is 2.22. The molecule has 0 aliphatic carbocycles. The first kappa shape index (κ1) is 12.0. The smallest absolute Gasteiger partial charge is 0.130 e. The number of rotatable bonds is 2. The Morgan fingerprint density at radius 3 is 2.88 bits per heavy atom. The van der Waals surface area contributed by atoms with Crippen LogP contribution in [-0.2, 0) is 6.54 Å². The molecule has 0 radical (unpaired) electrons. The Labute approximate surface area is 99.5 Å². The number of hydrogen-bond acceptors (Lipinski definition) is 2. The van der Waals surface area contributed by atoms with Gasteiger partial charge in [-0.05, 0) is 31.9 Å². The maximum absolute atomic E-state index is 13.5. The fourth-order valence-electron chi connectivity index (χ4n) is 2.20. The third-order valence-electron chi connectivity index (χ3n) is 3.15. The number of halogens is 2. The zero-order valence-corrected chi connectivity index (χ0v) is 9.50. The van der Waals surface area contributed by atoms with Crippen molar-refractivity contribution in [1.82, 2.24) is 4.90 Å². The molecule has 4 heteroatoms. The normalized spacial score (nSPS) is 21.1. The van der Waals surface area contributed by atoms with Gasteiger partial charge in [0.25, 0.3) is 0 Å². The number of likely N-dealkylation sites (tertiary alicyclic amines) is 1. The molecular formula is C13H14F2N2. The summed E-state index contributed by atoms with van der Waals surface area (Å²) in [6.07, 6.45) is 2.90. The zero-order chi connectivity index (χ0) is 12.3. The summed E-state index contributed by atoms with van der Waals surface area (Å²) in [6, 6.07) is 5.68. The lowest BCUT2D eigenvalue weighted by atomic mass is 10.0. The quantitative estimate of drug-likeness (QED) is 0.789. The van der Waals surface area contributed by atoms with E-state index in [0.29, 0.717) is 12.1 Å². The van der Waals surface area contributed by atoms with E-state index in [1.165, 1.54) is 12.1 Å². The number of piperidine rings is 1. The minimum Gasteiger partial charge on any atom is -0.284 e. The number of benzene rings is 1. The predicted molar refractivity (Wildman–Crippen MR) is 60.0 cm³/mol. The van der Waals surface area contributed by atoms with Crippen molar-refractivity contribution < 1.29 is 8.78 Å². The lowest BCUT2D eigenvalue weighted by Crippen LogP contribution is -2.38. The van der Waals surface area contributed by atoms with Crippen molar-refractivity contribution in [2.24, 2.45) is 0 Å². The van der Waals surface area contributed by atoms with E-state index in [-0.39, 0.29) is 6.04 Å². The molecule has 1 aliphatic rings. The molecule has 1 aromatic carbocycles. The minimum atomic E-state index is -0.568. The fraction of sp³-hybridized carbons (Fsp3) is 0.462. The van der Waals surface area contributed by atoms with E-state index in [2.05, 4.69) is 6.07 Å². The third-order valence-corrected chi connectivity index (χ3v) is 3.15. The largest absolute Gasteiger partial charge is 0.284 e. The Hall–Kier alpha value is -1.47. The molecular weight excluding hydrogens is 222 g/mol. The van der Waals surface area contributed by atoms with Gasteiger partial charge in [0, 0.05) is 18.2 Å². The van der Waals surface area contributed by atoms with Crippen LogP contribution in [0.2, 0.25) is 0 Å². The average Bonchev–Trinajstić information content (AvgIpc) is 2.33. The Morgan fingerprint density at radius 2 is 2.18 bits per heavy atom. The van der Waals surface area contributed by atoms with Crippen LogP contribution in [0.5, 0.6) is 0 Å². The van der Waals surface area contributed by atoms with Crippen molar-refractivity contribution in [2.75, 3.05) is 6.54 Å². The second-order valence-electron chi connectivity index (χ2n) is 4.35.